The summed E-state index contributed by atoms with van der Waals surface area (Å²) in [5.74, 6) is 0. The topological polar surface area (TPSA) is 27.7 Å². The van der Waals surface area contributed by atoms with Gasteiger partial charge in [0.25, 0.3) is 0 Å². The highest BCUT2D eigenvalue weighted by Crippen LogP contribution is 2.20. The van der Waals surface area contributed by atoms with Crippen molar-refractivity contribution in [2.75, 3.05) is 0 Å². The highest BCUT2D eigenvalue weighted by molar-refractivity contribution is 6.81. The monoisotopic (exact) mass is 254 g/mol. The molecule has 0 N–H and O–H groups in total. The maximum atomic E-state index is 6.07. The van der Waals surface area contributed by atoms with Crippen LogP contribution in [0.5, 0.6) is 0 Å². The summed E-state index contributed by atoms with van der Waals surface area (Å²) in [6, 6.07) is 1.08. The van der Waals surface area contributed by atoms with Crippen molar-refractivity contribution in [1.82, 2.24) is 0 Å². The van der Waals surface area contributed by atoms with Gasteiger partial charge in [-0.05, 0) is 25.7 Å². The van der Waals surface area contributed by atoms with Crippen LogP contribution in [0.3, 0.4) is 0 Å². The second-order valence-electron chi connectivity index (χ2n) is 3.79. The first-order valence-corrected chi connectivity index (χ1v) is 11.7. The van der Waals surface area contributed by atoms with Gasteiger partial charge in [-0.1, -0.05) is 13.3 Å². The molecule has 0 aromatic rings. The van der Waals surface area contributed by atoms with Gasteiger partial charge in [-0.15, -0.1) is 0 Å². The molecule has 0 radical (unpaired) electrons. The van der Waals surface area contributed by atoms with Gasteiger partial charge < -0.3 is 12.3 Å². The predicted molar refractivity (Wildman–Crippen MR) is 67.3 cm³/mol. The third-order valence-corrected chi connectivity index (χ3v) is 14.6. The molecule has 0 aromatic heterocycles. The first-order valence-electron chi connectivity index (χ1n) is 4.69. The fourth-order valence-corrected chi connectivity index (χ4v) is 9.67. The van der Waals surface area contributed by atoms with Crippen LogP contribution in [0.25, 0.3) is 0 Å². The molecule has 7 heteroatoms. The van der Waals surface area contributed by atoms with E-state index in [1.54, 1.807) is 0 Å². The molecule has 0 bridgehead atoms. The SMILES string of the molecule is CCC[Si](C)(O[SiH3])O[Si](C)(C)O[SiH3]. The summed E-state index contributed by atoms with van der Waals surface area (Å²) in [5.41, 5.74) is 0. The quantitative estimate of drug-likeness (QED) is 0.614. The van der Waals surface area contributed by atoms with E-state index in [4.69, 9.17) is 12.3 Å². The Labute approximate surface area is 89.7 Å². The molecule has 80 valence electrons. The Morgan fingerprint density at radius 3 is 1.92 bits per heavy atom. The van der Waals surface area contributed by atoms with Crippen molar-refractivity contribution in [1.29, 1.82) is 0 Å². The Morgan fingerprint density at radius 1 is 1.08 bits per heavy atom. The summed E-state index contributed by atoms with van der Waals surface area (Å²) in [5, 5.41) is 0. The zero-order valence-corrected chi connectivity index (χ0v) is 15.6. The highest BCUT2D eigenvalue weighted by Gasteiger charge is 2.37. The van der Waals surface area contributed by atoms with E-state index in [1.807, 2.05) is 0 Å². The number of rotatable bonds is 6. The largest absolute Gasteiger partial charge is 0.445 e. The van der Waals surface area contributed by atoms with Gasteiger partial charge in [0.2, 0.25) is 0 Å². The Morgan fingerprint density at radius 2 is 1.62 bits per heavy atom. The van der Waals surface area contributed by atoms with E-state index in [1.165, 1.54) is 0 Å². The van der Waals surface area contributed by atoms with E-state index in [2.05, 4.69) is 26.6 Å². The lowest BCUT2D eigenvalue weighted by Gasteiger charge is -2.33. The molecule has 0 amide bonds. The normalized spacial score (nSPS) is 17.5. The molecule has 0 rings (SSSR count). The lowest BCUT2D eigenvalue weighted by Crippen LogP contribution is -2.49. The predicted octanol–water partition coefficient (Wildman–Crippen LogP) is -0.219. The van der Waals surface area contributed by atoms with E-state index in [0.717, 1.165) is 33.4 Å². The van der Waals surface area contributed by atoms with E-state index in [-0.39, 0.29) is 0 Å². The van der Waals surface area contributed by atoms with Crippen LogP contribution in [0.15, 0.2) is 0 Å². The highest BCUT2D eigenvalue weighted by atomic mass is 28.5. The van der Waals surface area contributed by atoms with Gasteiger partial charge in [0.1, 0.15) is 21.0 Å². The summed E-state index contributed by atoms with van der Waals surface area (Å²) >= 11 is 0. The van der Waals surface area contributed by atoms with E-state index in [9.17, 15) is 0 Å². The van der Waals surface area contributed by atoms with Crippen LogP contribution in [0.2, 0.25) is 25.7 Å². The number of hydrogen-bond donors (Lipinski definition) is 0. The fraction of sp³-hybridized carbons (Fsp3) is 1.00. The summed E-state index contributed by atoms with van der Waals surface area (Å²) in [6.45, 7) is 8.52. The third-order valence-electron chi connectivity index (χ3n) is 2.09. The minimum Gasteiger partial charge on any atom is -0.445 e. The molecule has 0 fully saturated rings. The van der Waals surface area contributed by atoms with Crippen LogP contribution in [0, 0.1) is 0 Å². The number of hydrogen-bond acceptors (Lipinski definition) is 3. The zero-order valence-electron chi connectivity index (χ0n) is 9.64. The zero-order chi connectivity index (χ0) is 10.5. The Bertz CT molecular complexity index is 155. The Balaban J connectivity index is 4.25. The lowest BCUT2D eigenvalue weighted by molar-refractivity contribution is 0.345. The second-order valence-corrected chi connectivity index (χ2v) is 13.4. The molecule has 0 heterocycles. The van der Waals surface area contributed by atoms with Crippen LogP contribution in [-0.2, 0) is 12.3 Å². The molecule has 0 aliphatic heterocycles. The van der Waals surface area contributed by atoms with Gasteiger partial charge in [0, 0.05) is 0 Å². The van der Waals surface area contributed by atoms with Crippen LogP contribution >= 0.6 is 0 Å². The van der Waals surface area contributed by atoms with Crippen LogP contribution in [0.1, 0.15) is 13.3 Å². The summed E-state index contributed by atoms with van der Waals surface area (Å²) in [6.07, 6.45) is 1.14. The van der Waals surface area contributed by atoms with E-state index < -0.39 is 17.1 Å². The molecule has 0 aliphatic carbocycles. The van der Waals surface area contributed by atoms with Crippen LogP contribution < -0.4 is 0 Å². The van der Waals surface area contributed by atoms with Crippen molar-refractivity contribution >= 4 is 38.1 Å². The van der Waals surface area contributed by atoms with Gasteiger partial charge in [-0.25, -0.2) is 0 Å². The average Bonchev–Trinajstić information content (AvgIpc) is 2.04. The van der Waals surface area contributed by atoms with Crippen molar-refractivity contribution in [3.05, 3.63) is 0 Å². The van der Waals surface area contributed by atoms with Crippen molar-refractivity contribution in [3.63, 3.8) is 0 Å². The van der Waals surface area contributed by atoms with Gasteiger partial charge in [-0.3, -0.25) is 0 Å². The lowest BCUT2D eigenvalue weighted by atomic mass is 10.6. The van der Waals surface area contributed by atoms with Gasteiger partial charge in [0.15, 0.2) is 0 Å². The van der Waals surface area contributed by atoms with Gasteiger partial charge in [0.05, 0.1) is 0 Å². The molecular weight excluding hydrogens is 232 g/mol. The standard InChI is InChI=1S/C6H22O3Si4/c1-5-6-13(4,8-11)9-12(2,3)7-10/h5-6H2,1-4,10-11H3. The van der Waals surface area contributed by atoms with Gasteiger partial charge in [-0.2, -0.15) is 0 Å². The molecular formula is C6H22O3Si4. The molecule has 1 unspecified atom stereocenters. The molecule has 1 atom stereocenters. The Hall–Kier alpha value is 0.748. The maximum absolute atomic E-state index is 6.07. The molecule has 13 heavy (non-hydrogen) atoms. The van der Waals surface area contributed by atoms with Crippen LogP contribution in [-0.4, -0.2) is 38.1 Å². The summed E-state index contributed by atoms with van der Waals surface area (Å²) < 4.78 is 17.2. The minimum atomic E-state index is -1.86. The molecule has 0 saturated carbocycles. The first kappa shape index (κ1) is 13.7. The second kappa shape index (κ2) is 5.59. The smallest absolute Gasteiger partial charge is 0.315 e. The molecule has 0 spiro atoms. The van der Waals surface area contributed by atoms with Crippen LogP contribution in [0.4, 0.5) is 0 Å². The van der Waals surface area contributed by atoms with Crippen molar-refractivity contribution in [2.24, 2.45) is 0 Å². The van der Waals surface area contributed by atoms with E-state index >= 15 is 0 Å². The first-order chi connectivity index (χ1) is 5.89. The molecule has 0 aromatic carbocycles. The van der Waals surface area contributed by atoms with Crippen molar-refractivity contribution in [2.45, 2.75) is 39.0 Å². The van der Waals surface area contributed by atoms with Gasteiger partial charge >= 0.3 is 17.1 Å². The fourth-order valence-electron chi connectivity index (χ4n) is 1.21. The molecule has 3 nitrogen and oxygen atoms in total. The van der Waals surface area contributed by atoms with E-state index in [0.29, 0.717) is 0 Å². The van der Waals surface area contributed by atoms with Crippen molar-refractivity contribution in [3.8, 4) is 0 Å². The summed E-state index contributed by atoms with van der Waals surface area (Å²) in [7, 11) is -2.18. The molecule has 0 saturated heterocycles. The molecule has 0 aliphatic rings. The third kappa shape index (κ3) is 5.25. The minimum absolute atomic E-state index is 0.762. The maximum Gasteiger partial charge on any atom is 0.315 e. The average molecular weight is 255 g/mol. The summed E-state index contributed by atoms with van der Waals surface area (Å²) in [4.78, 5) is 0. The van der Waals surface area contributed by atoms with Crippen molar-refractivity contribution < 1.29 is 12.3 Å². The Kier molecular flexibility index (Phi) is 5.91.